The van der Waals surface area contributed by atoms with Gasteiger partial charge in [0.15, 0.2) is 0 Å². The van der Waals surface area contributed by atoms with Crippen LogP contribution in [-0.4, -0.2) is 13.1 Å². The summed E-state index contributed by atoms with van der Waals surface area (Å²) in [6.45, 7) is 3.92. The highest BCUT2D eigenvalue weighted by atomic mass is 16.5. The van der Waals surface area contributed by atoms with Crippen molar-refractivity contribution in [3.05, 3.63) is 0 Å². The maximum atomic E-state index is 9.64. The summed E-state index contributed by atoms with van der Waals surface area (Å²) in [6, 6.07) is 1.99. The maximum Gasteiger partial charge on any atom is 0.293 e. The van der Waals surface area contributed by atoms with Crippen molar-refractivity contribution in [2.24, 2.45) is 5.41 Å². The summed E-state index contributed by atoms with van der Waals surface area (Å²) >= 11 is 0. The Labute approximate surface area is 54.2 Å². The Hall–Kier alpha value is -1.04. The third-order valence-corrected chi connectivity index (χ3v) is 0.815. The van der Waals surface area contributed by atoms with Crippen LogP contribution in [0, 0.1) is 16.7 Å². The average Bonchev–Trinajstić information content (AvgIpc) is 1.84. The van der Waals surface area contributed by atoms with Crippen molar-refractivity contribution in [1.82, 2.24) is 0 Å². The molecule has 50 valence electrons. The summed E-state index contributed by atoms with van der Waals surface area (Å²) in [6.07, 6.45) is 0. The van der Waals surface area contributed by atoms with Gasteiger partial charge in [0.05, 0.1) is 11.5 Å². The van der Waals surface area contributed by atoms with Crippen molar-refractivity contribution >= 4 is 6.47 Å². The second-order valence-electron chi connectivity index (χ2n) is 2.40. The lowest BCUT2D eigenvalue weighted by atomic mass is 9.98. The molecule has 0 aromatic carbocycles. The SMILES string of the molecule is CC(C)(C#N)COC=O. The van der Waals surface area contributed by atoms with Gasteiger partial charge >= 0.3 is 0 Å². The number of hydrogen-bond donors (Lipinski definition) is 0. The topological polar surface area (TPSA) is 50.1 Å². The summed E-state index contributed by atoms with van der Waals surface area (Å²) in [5, 5.41) is 8.37. The minimum absolute atomic E-state index is 0.160. The summed E-state index contributed by atoms with van der Waals surface area (Å²) in [7, 11) is 0. The Bertz CT molecular complexity index is 134. The second kappa shape index (κ2) is 3.08. The zero-order chi connectivity index (χ0) is 7.33. The van der Waals surface area contributed by atoms with Crippen LogP contribution in [0.3, 0.4) is 0 Å². The third-order valence-electron chi connectivity index (χ3n) is 0.815. The highest BCUT2D eigenvalue weighted by molar-refractivity contribution is 5.37. The monoisotopic (exact) mass is 127 g/mol. The van der Waals surface area contributed by atoms with Crippen LogP contribution in [0.15, 0.2) is 0 Å². The van der Waals surface area contributed by atoms with E-state index in [1.165, 1.54) is 0 Å². The predicted octanol–water partition coefficient (Wildman–Crippen LogP) is 0.709. The minimum Gasteiger partial charge on any atom is -0.466 e. The van der Waals surface area contributed by atoms with Gasteiger partial charge in [0.25, 0.3) is 6.47 Å². The van der Waals surface area contributed by atoms with E-state index < -0.39 is 5.41 Å². The molecule has 0 bridgehead atoms. The van der Waals surface area contributed by atoms with Crippen molar-refractivity contribution < 1.29 is 9.53 Å². The number of carbonyl (C=O) groups is 1. The fourth-order valence-electron chi connectivity index (χ4n) is 0.275. The van der Waals surface area contributed by atoms with Crippen LogP contribution < -0.4 is 0 Å². The quantitative estimate of drug-likeness (QED) is 0.524. The van der Waals surface area contributed by atoms with Gasteiger partial charge < -0.3 is 4.74 Å². The number of ether oxygens (including phenoxy) is 1. The van der Waals surface area contributed by atoms with Crippen LogP contribution >= 0.6 is 0 Å². The van der Waals surface area contributed by atoms with E-state index in [0.29, 0.717) is 6.47 Å². The van der Waals surface area contributed by atoms with Gasteiger partial charge in [-0.2, -0.15) is 5.26 Å². The van der Waals surface area contributed by atoms with Crippen LogP contribution in [0.25, 0.3) is 0 Å². The molecule has 0 aliphatic heterocycles. The molecule has 0 heterocycles. The Morgan fingerprint density at radius 1 is 1.78 bits per heavy atom. The Morgan fingerprint density at radius 2 is 2.33 bits per heavy atom. The Balaban J connectivity index is 3.61. The van der Waals surface area contributed by atoms with Gasteiger partial charge in [-0.3, -0.25) is 4.79 Å². The van der Waals surface area contributed by atoms with E-state index in [0.717, 1.165) is 0 Å². The lowest BCUT2D eigenvalue weighted by molar-refractivity contribution is -0.130. The first-order chi connectivity index (χ1) is 4.12. The first-order valence-electron chi connectivity index (χ1n) is 2.59. The highest BCUT2D eigenvalue weighted by Gasteiger charge is 2.16. The number of hydrogen-bond acceptors (Lipinski definition) is 3. The van der Waals surface area contributed by atoms with Crippen LogP contribution in [0.4, 0.5) is 0 Å². The molecule has 3 heteroatoms. The molecule has 9 heavy (non-hydrogen) atoms. The van der Waals surface area contributed by atoms with Crippen molar-refractivity contribution in [3.63, 3.8) is 0 Å². The van der Waals surface area contributed by atoms with Gasteiger partial charge in [-0.05, 0) is 13.8 Å². The summed E-state index contributed by atoms with van der Waals surface area (Å²) in [4.78, 5) is 9.64. The molecular weight excluding hydrogens is 118 g/mol. The highest BCUT2D eigenvalue weighted by Crippen LogP contribution is 2.11. The Morgan fingerprint density at radius 3 is 2.67 bits per heavy atom. The molecule has 0 saturated carbocycles. The van der Waals surface area contributed by atoms with Gasteiger partial charge in [0.2, 0.25) is 0 Å². The van der Waals surface area contributed by atoms with Crippen molar-refractivity contribution in [2.75, 3.05) is 6.61 Å². The van der Waals surface area contributed by atoms with Crippen LogP contribution in [0.5, 0.6) is 0 Å². The summed E-state index contributed by atoms with van der Waals surface area (Å²) in [5.41, 5.74) is -0.555. The Kier molecular flexibility index (Phi) is 2.72. The average molecular weight is 127 g/mol. The molecule has 0 amide bonds. The second-order valence-corrected chi connectivity index (χ2v) is 2.40. The largest absolute Gasteiger partial charge is 0.466 e. The number of carbonyl (C=O) groups excluding carboxylic acids is 1. The molecule has 0 N–H and O–H groups in total. The standard InChI is InChI=1S/C6H9NO2/c1-6(2,3-7)4-9-5-8/h5H,4H2,1-2H3. The van der Waals surface area contributed by atoms with E-state index in [9.17, 15) is 4.79 Å². The number of rotatable bonds is 3. The van der Waals surface area contributed by atoms with Gasteiger partial charge in [-0.15, -0.1) is 0 Å². The summed E-state index contributed by atoms with van der Waals surface area (Å²) in [5.74, 6) is 0. The smallest absolute Gasteiger partial charge is 0.293 e. The van der Waals surface area contributed by atoms with E-state index >= 15 is 0 Å². The zero-order valence-corrected chi connectivity index (χ0v) is 5.55. The molecule has 0 radical (unpaired) electrons. The molecule has 0 aromatic heterocycles. The van der Waals surface area contributed by atoms with E-state index in [2.05, 4.69) is 4.74 Å². The molecule has 0 fully saturated rings. The van der Waals surface area contributed by atoms with Crippen molar-refractivity contribution in [3.8, 4) is 6.07 Å². The zero-order valence-electron chi connectivity index (χ0n) is 5.55. The molecule has 0 unspecified atom stereocenters. The predicted molar refractivity (Wildman–Crippen MR) is 31.4 cm³/mol. The fraction of sp³-hybridized carbons (Fsp3) is 0.667. The van der Waals surface area contributed by atoms with Gasteiger partial charge in [0, 0.05) is 0 Å². The first kappa shape index (κ1) is 7.96. The van der Waals surface area contributed by atoms with E-state index in [1.54, 1.807) is 13.8 Å². The van der Waals surface area contributed by atoms with Crippen LogP contribution in [0.1, 0.15) is 13.8 Å². The molecule has 0 aliphatic rings. The van der Waals surface area contributed by atoms with E-state index in [4.69, 9.17) is 5.26 Å². The normalized spacial score (nSPS) is 9.89. The molecule has 0 rings (SSSR count). The number of nitriles is 1. The first-order valence-corrected chi connectivity index (χ1v) is 2.59. The molecule has 0 spiro atoms. The van der Waals surface area contributed by atoms with Gasteiger partial charge in [-0.25, -0.2) is 0 Å². The molecule has 3 nitrogen and oxygen atoms in total. The van der Waals surface area contributed by atoms with E-state index in [1.807, 2.05) is 6.07 Å². The lowest BCUT2D eigenvalue weighted by Crippen LogP contribution is -2.15. The van der Waals surface area contributed by atoms with Gasteiger partial charge in [-0.1, -0.05) is 0 Å². The minimum atomic E-state index is -0.555. The van der Waals surface area contributed by atoms with Crippen LogP contribution in [0.2, 0.25) is 0 Å². The van der Waals surface area contributed by atoms with Crippen molar-refractivity contribution in [2.45, 2.75) is 13.8 Å². The molecule has 0 atom stereocenters. The summed E-state index contributed by atoms with van der Waals surface area (Å²) < 4.78 is 4.39. The molecule has 0 aliphatic carbocycles. The maximum absolute atomic E-state index is 9.64. The van der Waals surface area contributed by atoms with E-state index in [-0.39, 0.29) is 6.61 Å². The van der Waals surface area contributed by atoms with Crippen molar-refractivity contribution in [1.29, 1.82) is 5.26 Å². The number of nitrogens with zero attached hydrogens (tertiary/aromatic N) is 1. The fourth-order valence-corrected chi connectivity index (χ4v) is 0.275. The van der Waals surface area contributed by atoms with Gasteiger partial charge in [0.1, 0.15) is 6.61 Å². The molecular formula is C6H9NO2. The molecule has 0 saturated heterocycles. The molecule has 0 aromatic rings. The van der Waals surface area contributed by atoms with Crippen LogP contribution in [-0.2, 0) is 9.53 Å². The third kappa shape index (κ3) is 3.53. The lowest BCUT2D eigenvalue weighted by Gasteiger charge is -2.11.